The van der Waals surface area contributed by atoms with Gasteiger partial charge in [0.15, 0.2) is 0 Å². The van der Waals surface area contributed by atoms with Gasteiger partial charge in [0.1, 0.15) is 5.76 Å². The molecule has 1 fully saturated rings. The van der Waals surface area contributed by atoms with Crippen molar-refractivity contribution in [3.8, 4) is 0 Å². The number of hydrogen-bond acceptors (Lipinski definition) is 4. The van der Waals surface area contributed by atoms with Crippen molar-refractivity contribution >= 4 is 21.6 Å². The maximum Gasteiger partial charge on any atom is 0.240 e. The van der Waals surface area contributed by atoms with E-state index < -0.39 is 10.0 Å². The maximum atomic E-state index is 12.2. The van der Waals surface area contributed by atoms with Gasteiger partial charge in [0.05, 0.1) is 17.7 Å². The molecule has 1 saturated carbocycles. The summed E-state index contributed by atoms with van der Waals surface area (Å²) in [5, 5.41) is 2.85. The van der Waals surface area contributed by atoms with Crippen LogP contribution in [0.15, 0.2) is 52.0 Å². The van der Waals surface area contributed by atoms with Gasteiger partial charge < -0.3 is 9.73 Å². The van der Waals surface area contributed by atoms with Gasteiger partial charge in [0, 0.05) is 11.6 Å². The number of anilines is 1. The lowest BCUT2D eigenvalue weighted by Crippen LogP contribution is -2.23. The number of benzene rings is 1. The highest BCUT2D eigenvalue weighted by Gasteiger charge is 2.22. The molecule has 3 rings (SSSR count). The number of carbonyl (C=O) groups is 1. The summed E-state index contributed by atoms with van der Waals surface area (Å²) in [7, 11) is -3.62. The second-order valence-electron chi connectivity index (χ2n) is 5.90. The van der Waals surface area contributed by atoms with E-state index in [1.165, 1.54) is 18.4 Å². The van der Waals surface area contributed by atoms with Gasteiger partial charge in [-0.3, -0.25) is 4.79 Å². The van der Waals surface area contributed by atoms with E-state index in [1.807, 2.05) is 0 Å². The standard InChI is InChI=1S/C17H20N2O4S/c20-17(13-4-1-2-5-13)19-14-7-9-16(10-8-14)24(21,22)18-12-15-6-3-11-23-15/h3,6-11,13,18H,1-2,4-5,12H2,(H,19,20). The van der Waals surface area contributed by atoms with E-state index in [1.54, 1.807) is 24.3 Å². The summed E-state index contributed by atoms with van der Waals surface area (Å²) in [6.45, 7) is 0.0928. The Morgan fingerprint density at radius 1 is 1.12 bits per heavy atom. The quantitative estimate of drug-likeness (QED) is 0.840. The summed E-state index contributed by atoms with van der Waals surface area (Å²) in [6.07, 6.45) is 5.53. The Morgan fingerprint density at radius 3 is 2.46 bits per heavy atom. The van der Waals surface area contributed by atoms with Crippen LogP contribution in [0.25, 0.3) is 0 Å². The van der Waals surface area contributed by atoms with Gasteiger partial charge in [-0.2, -0.15) is 0 Å². The Balaban J connectivity index is 1.61. The van der Waals surface area contributed by atoms with Crippen LogP contribution in [0.5, 0.6) is 0 Å². The number of sulfonamides is 1. The van der Waals surface area contributed by atoms with Gasteiger partial charge in [-0.05, 0) is 49.2 Å². The highest BCUT2D eigenvalue weighted by Crippen LogP contribution is 2.26. The fourth-order valence-corrected chi connectivity index (χ4v) is 3.81. The van der Waals surface area contributed by atoms with E-state index in [0.29, 0.717) is 11.4 Å². The average Bonchev–Trinajstić information content (AvgIpc) is 3.27. The first kappa shape index (κ1) is 16.7. The summed E-state index contributed by atoms with van der Waals surface area (Å²) in [5.41, 5.74) is 0.608. The van der Waals surface area contributed by atoms with Crippen molar-refractivity contribution < 1.29 is 17.6 Å². The van der Waals surface area contributed by atoms with Gasteiger partial charge in [0.2, 0.25) is 15.9 Å². The summed E-state index contributed by atoms with van der Waals surface area (Å²) < 4.78 is 32.0. The Kier molecular flexibility index (Phi) is 5.01. The van der Waals surface area contributed by atoms with Crippen LogP contribution < -0.4 is 10.0 Å². The molecule has 1 aromatic carbocycles. The zero-order valence-corrected chi connectivity index (χ0v) is 14.0. The van der Waals surface area contributed by atoms with Crippen LogP contribution in [0.4, 0.5) is 5.69 Å². The molecular weight excluding hydrogens is 328 g/mol. The highest BCUT2D eigenvalue weighted by atomic mass is 32.2. The van der Waals surface area contributed by atoms with Crippen LogP contribution in [-0.4, -0.2) is 14.3 Å². The summed E-state index contributed by atoms with van der Waals surface area (Å²) >= 11 is 0. The van der Waals surface area contributed by atoms with Gasteiger partial charge in [-0.25, -0.2) is 13.1 Å². The Labute approximate surface area is 141 Å². The molecule has 0 bridgehead atoms. The Morgan fingerprint density at radius 2 is 1.83 bits per heavy atom. The minimum Gasteiger partial charge on any atom is -0.468 e. The Bertz CT molecular complexity index is 777. The zero-order valence-electron chi connectivity index (χ0n) is 13.2. The number of hydrogen-bond donors (Lipinski definition) is 2. The predicted octanol–water partition coefficient (Wildman–Crippen LogP) is 2.89. The van der Waals surface area contributed by atoms with Crippen LogP contribution in [0.3, 0.4) is 0 Å². The molecular formula is C17H20N2O4S. The van der Waals surface area contributed by atoms with E-state index in [-0.39, 0.29) is 23.3 Å². The zero-order chi connectivity index (χ0) is 17.0. The monoisotopic (exact) mass is 348 g/mol. The molecule has 2 N–H and O–H groups in total. The fraction of sp³-hybridized carbons (Fsp3) is 0.353. The molecule has 0 radical (unpaired) electrons. The van der Waals surface area contributed by atoms with Crippen molar-refractivity contribution in [2.75, 3.05) is 5.32 Å². The predicted molar refractivity (Wildman–Crippen MR) is 89.8 cm³/mol. The molecule has 0 aliphatic heterocycles. The molecule has 2 aromatic rings. The molecule has 1 aliphatic rings. The SMILES string of the molecule is O=C(Nc1ccc(S(=O)(=O)NCc2ccco2)cc1)C1CCCC1. The summed E-state index contributed by atoms with van der Waals surface area (Å²) in [6, 6.07) is 9.57. The summed E-state index contributed by atoms with van der Waals surface area (Å²) in [4.78, 5) is 12.2. The van der Waals surface area contributed by atoms with Crippen molar-refractivity contribution in [2.45, 2.75) is 37.1 Å². The highest BCUT2D eigenvalue weighted by molar-refractivity contribution is 7.89. The van der Waals surface area contributed by atoms with Crippen molar-refractivity contribution in [1.29, 1.82) is 0 Å². The molecule has 7 heteroatoms. The third-order valence-electron chi connectivity index (χ3n) is 4.17. The first-order chi connectivity index (χ1) is 11.5. The van der Waals surface area contributed by atoms with E-state index >= 15 is 0 Å². The molecule has 6 nitrogen and oxygen atoms in total. The molecule has 1 aliphatic carbocycles. The number of nitrogens with one attached hydrogen (secondary N) is 2. The van der Waals surface area contributed by atoms with Crippen LogP contribution in [-0.2, 0) is 21.4 Å². The number of amides is 1. The Hall–Kier alpha value is -2.12. The molecule has 0 spiro atoms. The van der Waals surface area contributed by atoms with Gasteiger partial charge in [-0.15, -0.1) is 0 Å². The second-order valence-corrected chi connectivity index (χ2v) is 7.67. The number of carbonyl (C=O) groups excluding carboxylic acids is 1. The lowest BCUT2D eigenvalue weighted by molar-refractivity contribution is -0.119. The summed E-state index contributed by atoms with van der Waals surface area (Å²) in [5.74, 6) is 0.626. The van der Waals surface area contributed by atoms with Crippen LogP contribution in [0.1, 0.15) is 31.4 Å². The van der Waals surface area contributed by atoms with E-state index in [2.05, 4.69) is 10.0 Å². The van der Waals surface area contributed by atoms with Crippen LogP contribution in [0.2, 0.25) is 0 Å². The van der Waals surface area contributed by atoms with Crippen LogP contribution in [0, 0.1) is 5.92 Å². The third-order valence-corrected chi connectivity index (χ3v) is 5.59. The third kappa shape index (κ3) is 4.04. The van der Waals surface area contributed by atoms with Crippen molar-refractivity contribution in [2.24, 2.45) is 5.92 Å². The molecule has 1 heterocycles. The van der Waals surface area contributed by atoms with E-state index in [4.69, 9.17) is 4.42 Å². The van der Waals surface area contributed by atoms with Crippen LogP contribution >= 0.6 is 0 Å². The van der Waals surface area contributed by atoms with Crippen molar-refractivity contribution in [1.82, 2.24) is 4.72 Å². The molecule has 1 aromatic heterocycles. The second kappa shape index (κ2) is 7.19. The largest absolute Gasteiger partial charge is 0.468 e. The maximum absolute atomic E-state index is 12.2. The van der Waals surface area contributed by atoms with E-state index in [9.17, 15) is 13.2 Å². The molecule has 24 heavy (non-hydrogen) atoms. The average molecular weight is 348 g/mol. The van der Waals surface area contributed by atoms with Gasteiger partial charge in [-0.1, -0.05) is 12.8 Å². The molecule has 1 amide bonds. The minimum absolute atomic E-state index is 0.0130. The fourth-order valence-electron chi connectivity index (χ4n) is 2.81. The lowest BCUT2D eigenvalue weighted by atomic mass is 10.1. The van der Waals surface area contributed by atoms with Gasteiger partial charge in [0.25, 0.3) is 0 Å². The van der Waals surface area contributed by atoms with Crippen molar-refractivity contribution in [3.05, 3.63) is 48.4 Å². The molecule has 0 saturated heterocycles. The molecule has 0 atom stereocenters. The topological polar surface area (TPSA) is 88.4 Å². The van der Waals surface area contributed by atoms with Gasteiger partial charge >= 0.3 is 0 Å². The first-order valence-electron chi connectivity index (χ1n) is 7.97. The normalized spacial score (nSPS) is 15.5. The van der Waals surface area contributed by atoms with E-state index in [0.717, 1.165) is 25.7 Å². The smallest absolute Gasteiger partial charge is 0.240 e. The van der Waals surface area contributed by atoms with Crippen molar-refractivity contribution in [3.63, 3.8) is 0 Å². The molecule has 0 unspecified atom stereocenters. The number of rotatable bonds is 6. The molecule has 128 valence electrons. The lowest BCUT2D eigenvalue weighted by Gasteiger charge is -2.11. The minimum atomic E-state index is -3.62. The number of furan rings is 1. The first-order valence-corrected chi connectivity index (χ1v) is 9.46.